The van der Waals surface area contributed by atoms with Crippen LogP contribution in [0.15, 0.2) is 24.3 Å². The van der Waals surface area contributed by atoms with E-state index < -0.39 is 11.4 Å². The minimum absolute atomic E-state index is 0.0278. The molecule has 6 nitrogen and oxygen atoms in total. The van der Waals surface area contributed by atoms with Gasteiger partial charge in [0.05, 0.1) is 18.6 Å². The lowest BCUT2D eigenvalue weighted by atomic mass is 9.66. The van der Waals surface area contributed by atoms with Gasteiger partial charge < -0.3 is 19.9 Å². The highest BCUT2D eigenvalue weighted by Gasteiger charge is 2.45. The Kier molecular flexibility index (Phi) is 4.52. The SMILES string of the molecule is O=C(CC1(C(=O)O)CCC1)Nc1ccc(OC2CCOC2)cc1. The average molecular weight is 319 g/mol. The number of carbonyl (C=O) groups excluding carboxylic acids is 1. The molecule has 1 aromatic rings. The van der Waals surface area contributed by atoms with Crippen LogP contribution in [-0.4, -0.2) is 36.3 Å². The third kappa shape index (κ3) is 3.64. The molecular weight excluding hydrogens is 298 g/mol. The number of amides is 1. The van der Waals surface area contributed by atoms with Gasteiger partial charge in [0, 0.05) is 18.5 Å². The number of nitrogens with one attached hydrogen (secondary N) is 1. The number of anilines is 1. The Balaban J connectivity index is 1.53. The van der Waals surface area contributed by atoms with Crippen LogP contribution in [0.4, 0.5) is 5.69 Å². The van der Waals surface area contributed by atoms with Gasteiger partial charge in [-0.05, 0) is 37.1 Å². The van der Waals surface area contributed by atoms with Gasteiger partial charge in [0.1, 0.15) is 11.9 Å². The maximum absolute atomic E-state index is 12.1. The van der Waals surface area contributed by atoms with Crippen LogP contribution >= 0.6 is 0 Å². The third-order valence-corrected chi connectivity index (χ3v) is 4.59. The summed E-state index contributed by atoms with van der Waals surface area (Å²) in [5.41, 5.74) is -0.222. The minimum atomic E-state index is -0.874. The van der Waals surface area contributed by atoms with Gasteiger partial charge in [0.25, 0.3) is 0 Å². The summed E-state index contributed by atoms with van der Waals surface area (Å²) in [6, 6.07) is 7.11. The second-order valence-corrected chi connectivity index (χ2v) is 6.29. The molecule has 3 rings (SSSR count). The molecule has 2 fully saturated rings. The summed E-state index contributed by atoms with van der Waals surface area (Å²) >= 11 is 0. The van der Waals surface area contributed by atoms with Gasteiger partial charge in [-0.25, -0.2) is 0 Å². The van der Waals surface area contributed by atoms with Crippen molar-refractivity contribution in [2.45, 2.75) is 38.2 Å². The molecule has 124 valence electrons. The zero-order valence-electron chi connectivity index (χ0n) is 12.9. The van der Waals surface area contributed by atoms with Crippen LogP contribution < -0.4 is 10.1 Å². The molecule has 23 heavy (non-hydrogen) atoms. The summed E-state index contributed by atoms with van der Waals surface area (Å²) in [5, 5.41) is 12.0. The molecule has 1 amide bonds. The molecule has 2 aliphatic rings. The second-order valence-electron chi connectivity index (χ2n) is 6.29. The van der Waals surface area contributed by atoms with E-state index in [1.165, 1.54) is 0 Å². The van der Waals surface area contributed by atoms with Crippen LogP contribution in [0.25, 0.3) is 0 Å². The number of hydrogen-bond acceptors (Lipinski definition) is 4. The first kappa shape index (κ1) is 15.8. The van der Waals surface area contributed by atoms with E-state index in [2.05, 4.69) is 5.32 Å². The van der Waals surface area contributed by atoms with Gasteiger partial charge >= 0.3 is 5.97 Å². The van der Waals surface area contributed by atoms with Crippen LogP contribution in [-0.2, 0) is 14.3 Å². The molecule has 1 saturated carbocycles. The maximum atomic E-state index is 12.1. The van der Waals surface area contributed by atoms with Crippen molar-refractivity contribution in [3.05, 3.63) is 24.3 Å². The second kappa shape index (κ2) is 6.58. The first-order chi connectivity index (χ1) is 11.1. The first-order valence-corrected chi connectivity index (χ1v) is 7.95. The van der Waals surface area contributed by atoms with Crippen molar-refractivity contribution in [1.29, 1.82) is 0 Å². The summed E-state index contributed by atoms with van der Waals surface area (Å²) in [7, 11) is 0. The molecule has 1 aliphatic carbocycles. The van der Waals surface area contributed by atoms with Crippen molar-refractivity contribution in [3.8, 4) is 5.75 Å². The molecule has 0 radical (unpaired) electrons. The Morgan fingerprint density at radius 2 is 2.04 bits per heavy atom. The number of rotatable bonds is 6. The molecular formula is C17H21NO5. The van der Waals surface area contributed by atoms with Crippen LogP contribution in [0.1, 0.15) is 32.1 Å². The largest absolute Gasteiger partial charge is 0.488 e. The summed E-state index contributed by atoms with van der Waals surface area (Å²) in [6.45, 7) is 1.33. The van der Waals surface area contributed by atoms with Crippen molar-refractivity contribution in [3.63, 3.8) is 0 Å². The maximum Gasteiger partial charge on any atom is 0.310 e. The number of carboxylic acid groups (broad SMARTS) is 1. The number of carbonyl (C=O) groups is 2. The highest BCUT2D eigenvalue weighted by atomic mass is 16.5. The van der Waals surface area contributed by atoms with E-state index in [1.807, 2.05) is 0 Å². The smallest absolute Gasteiger partial charge is 0.310 e. The quantitative estimate of drug-likeness (QED) is 0.841. The molecule has 0 spiro atoms. The van der Waals surface area contributed by atoms with E-state index in [9.17, 15) is 14.7 Å². The predicted molar refractivity (Wildman–Crippen MR) is 83.5 cm³/mol. The van der Waals surface area contributed by atoms with Crippen molar-refractivity contribution in [2.75, 3.05) is 18.5 Å². The number of hydrogen-bond donors (Lipinski definition) is 2. The van der Waals surface area contributed by atoms with Gasteiger partial charge in [0.2, 0.25) is 5.91 Å². The van der Waals surface area contributed by atoms with E-state index >= 15 is 0 Å². The van der Waals surface area contributed by atoms with Gasteiger partial charge in [-0.2, -0.15) is 0 Å². The monoisotopic (exact) mass is 319 g/mol. The van der Waals surface area contributed by atoms with Gasteiger partial charge in [-0.1, -0.05) is 6.42 Å². The molecule has 0 bridgehead atoms. The van der Waals surface area contributed by atoms with Crippen molar-refractivity contribution in [1.82, 2.24) is 0 Å². The molecule has 1 atom stereocenters. The third-order valence-electron chi connectivity index (χ3n) is 4.59. The van der Waals surface area contributed by atoms with E-state index in [1.54, 1.807) is 24.3 Å². The summed E-state index contributed by atoms with van der Waals surface area (Å²) < 4.78 is 11.0. The highest BCUT2D eigenvalue weighted by Crippen LogP contribution is 2.44. The zero-order valence-corrected chi connectivity index (χ0v) is 12.9. The zero-order chi connectivity index (χ0) is 16.3. The fourth-order valence-electron chi connectivity index (χ4n) is 3.00. The highest BCUT2D eigenvalue weighted by molar-refractivity contribution is 5.94. The number of benzene rings is 1. The Hall–Kier alpha value is -2.08. The lowest BCUT2D eigenvalue weighted by molar-refractivity contribution is -0.157. The molecule has 1 saturated heterocycles. The molecule has 1 heterocycles. The predicted octanol–water partition coefficient (Wildman–Crippen LogP) is 2.44. The first-order valence-electron chi connectivity index (χ1n) is 7.95. The molecule has 6 heteroatoms. The molecule has 1 aromatic carbocycles. The van der Waals surface area contributed by atoms with Gasteiger partial charge in [-0.3, -0.25) is 9.59 Å². The van der Waals surface area contributed by atoms with Crippen LogP contribution in [0.2, 0.25) is 0 Å². The van der Waals surface area contributed by atoms with E-state index in [0.29, 0.717) is 25.1 Å². The van der Waals surface area contributed by atoms with Crippen LogP contribution in [0.5, 0.6) is 5.75 Å². The lowest BCUT2D eigenvalue weighted by Gasteiger charge is -2.36. The van der Waals surface area contributed by atoms with Gasteiger partial charge in [0.15, 0.2) is 0 Å². The molecule has 1 aliphatic heterocycles. The Bertz CT molecular complexity index is 573. The van der Waals surface area contributed by atoms with E-state index in [4.69, 9.17) is 9.47 Å². The molecule has 2 N–H and O–H groups in total. The average Bonchev–Trinajstić information content (AvgIpc) is 2.97. The normalized spacial score (nSPS) is 22.2. The standard InChI is InChI=1S/C17H21NO5/c19-15(10-17(16(20)21)7-1-8-17)18-12-2-4-13(5-3-12)23-14-6-9-22-11-14/h2-5,14H,1,6-11H2,(H,18,19)(H,20,21). The summed E-state index contributed by atoms with van der Waals surface area (Å²) in [5.74, 6) is -0.397. The van der Waals surface area contributed by atoms with Crippen LogP contribution in [0, 0.1) is 5.41 Å². The van der Waals surface area contributed by atoms with Crippen molar-refractivity contribution >= 4 is 17.6 Å². The topological polar surface area (TPSA) is 84.9 Å². The van der Waals surface area contributed by atoms with Crippen LogP contribution in [0.3, 0.4) is 0 Å². The lowest BCUT2D eigenvalue weighted by Crippen LogP contribution is -2.41. The Morgan fingerprint density at radius 1 is 1.30 bits per heavy atom. The number of carboxylic acids is 1. The van der Waals surface area contributed by atoms with Gasteiger partial charge in [-0.15, -0.1) is 0 Å². The minimum Gasteiger partial charge on any atom is -0.488 e. The van der Waals surface area contributed by atoms with E-state index in [0.717, 1.165) is 25.2 Å². The summed E-state index contributed by atoms with van der Waals surface area (Å²) in [6.07, 6.45) is 3.02. The molecule has 1 unspecified atom stereocenters. The van der Waals surface area contributed by atoms with E-state index in [-0.39, 0.29) is 18.4 Å². The molecule has 0 aromatic heterocycles. The fourth-order valence-corrected chi connectivity index (χ4v) is 3.00. The number of aliphatic carboxylic acids is 1. The van der Waals surface area contributed by atoms with Crippen molar-refractivity contribution < 1.29 is 24.2 Å². The fraction of sp³-hybridized carbons (Fsp3) is 0.529. The Morgan fingerprint density at radius 3 is 2.57 bits per heavy atom. The Labute approximate surface area is 134 Å². The number of ether oxygens (including phenoxy) is 2. The summed E-state index contributed by atoms with van der Waals surface area (Å²) in [4.78, 5) is 23.4. The van der Waals surface area contributed by atoms with Crippen molar-refractivity contribution in [2.24, 2.45) is 5.41 Å².